The highest BCUT2D eigenvalue weighted by atomic mass is 19.1. The molecule has 1 fully saturated rings. The Bertz CT molecular complexity index is 663. The monoisotopic (exact) mass is 314 g/mol. The summed E-state index contributed by atoms with van der Waals surface area (Å²) in [4.78, 5) is 18.2. The lowest BCUT2D eigenvalue weighted by Gasteiger charge is -2.32. The zero-order valence-electron chi connectivity index (χ0n) is 12.8. The molecule has 1 aliphatic heterocycles. The number of amides is 1. The maximum absolute atomic E-state index is 13.6. The first-order valence-electron chi connectivity index (χ1n) is 7.80. The molecular formula is C18H19FN2O2. The number of aromatic nitrogens is 1. The number of para-hydroxylation sites is 1. The highest BCUT2D eigenvalue weighted by Crippen LogP contribution is 2.21. The van der Waals surface area contributed by atoms with Crippen LogP contribution in [0.25, 0.3) is 0 Å². The summed E-state index contributed by atoms with van der Waals surface area (Å²) in [6, 6.07) is 9.84. The number of rotatable bonds is 4. The summed E-state index contributed by atoms with van der Waals surface area (Å²) in [6.45, 7) is 1.80. The maximum atomic E-state index is 13.6. The minimum absolute atomic E-state index is 0.0167. The normalized spacial score (nSPS) is 17.8. The van der Waals surface area contributed by atoms with Gasteiger partial charge in [0.15, 0.2) is 11.6 Å². The Hall–Kier alpha value is -2.43. The molecule has 0 saturated carbocycles. The molecule has 1 atom stereocenters. The second-order valence-corrected chi connectivity index (χ2v) is 5.74. The molecular weight excluding hydrogens is 295 g/mol. The fraction of sp³-hybridized carbons (Fsp3) is 0.333. The van der Waals surface area contributed by atoms with Crippen molar-refractivity contribution in [3.8, 4) is 5.75 Å². The van der Waals surface area contributed by atoms with Crippen LogP contribution in [-0.2, 0) is 0 Å². The molecule has 3 rings (SSSR count). The molecule has 1 saturated heterocycles. The van der Waals surface area contributed by atoms with E-state index >= 15 is 0 Å². The van der Waals surface area contributed by atoms with Crippen LogP contribution in [-0.4, -0.2) is 35.5 Å². The van der Waals surface area contributed by atoms with Crippen LogP contribution >= 0.6 is 0 Å². The van der Waals surface area contributed by atoms with Crippen molar-refractivity contribution < 1.29 is 13.9 Å². The number of hydrogen-bond acceptors (Lipinski definition) is 3. The largest absolute Gasteiger partial charge is 0.490 e. The molecule has 4 nitrogen and oxygen atoms in total. The van der Waals surface area contributed by atoms with E-state index in [4.69, 9.17) is 4.74 Å². The SMILES string of the molecule is O=C(c1ccncc1)N1CCCC(COc2ccccc2F)C1. The first kappa shape index (κ1) is 15.5. The quantitative estimate of drug-likeness (QED) is 0.870. The molecule has 0 aliphatic carbocycles. The fourth-order valence-corrected chi connectivity index (χ4v) is 2.83. The van der Waals surface area contributed by atoms with Crippen molar-refractivity contribution >= 4 is 5.91 Å². The number of benzene rings is 1. The molecule has 120 valence electrons. The number of ether oxygens (including phenoxy) is 1. The van der Waals surface area contributed by atoms with Gasteiger partial charge in [0.05, 0.1) is 6.61 Å². The Morgan fingerprint density at radius 3 is 2.83 bits per heavy atom. The summed E-state index contributed by atoms with van der Waals surface area (Å²) >= 11 is 0. The van der Waals surface area contributed by atoms with Gasteiger partial charge in [0, 0.05) is 37.0 Å². The van der Waals surface area contributed by atoms with Gasteiger partial charge in [-0.3, -0.25) is 9.78 Å². The lowest BCUT2D eigenvalue weighted by molar-refractivity contribution is 0.0631. The van der Waals surface area contributed by atoms with Crippen molar-refractivity contribution in [1.29, 1.82) is 0 Å². The third-order valence-corrected chi connectivity index (χ3v) is 4.04. The second-order valence-electron chi connectivity index (χ2n) is 5.74. The number of carbonyl (C=O) groups excluding carboxylic acids is 1. The van der Waals surface area contributed by atoms with E-state index in [1.165, 1.54) is 6.07 Å². The summed E-state index contributed by atoms with van der Waals surface area (Å²) in [5, 5.41) is 0. The molecule has 1 aromatic carbocycles. The number of pyridine rings is 1. The summed E-state index contributed by atoms with van der Waals surface area (Å²) in [7, 11) is 0. The Morgan fingerprint density at radius 2 is 2.04 bits per heavy atom. The molecule has 1 aliphatic rings. The van der Waals surface area contributed by atoms with Crippen LogP contribution in [0.3, 0.4) is 0 Å². The topological polar surface area (TPSA) is 42.4 Å². The van der Waals surface area contributed by atoms with Crippen LogP contribution < -0.4 is 4.74 Å². The van der Waals surface area contributed by atoms with Crippen LogP contribution in [0.2, 0.25) is 0 Å². The second kappa shape index (κ2) is 7.22. The summed E-state index contributed by atoms with van der Waals surface area (Å²) in [6.07, 6.45) is 5.16. The van der Waals surface area contributed by atoms with Crippen LogP contribution in [0, 0.1) is 11.7 Å². The first-order valence-corrected chi connectivity index (χ1v) is 7.80. The van der Waals surface area contributed by atoms with Crippen molar-refractivity contribution in [2.45, 2.75) is 12.8 Å². The third-order valence-electron chi connectivity index (χ3n) is 4.04. The average molecular weight is 314 g/mol. The summed E-state index contributed by atoms with van der Waals surface area (Å²) in [5.74, 6) is 0.148. The van der Waals surface area contributed by atoms with Crippen molar-refractivity contribution in [1.82, 2.24) is 9.88 Å². The van der Waals surface area contributed by atoms with Crippen LogP contribution in [0.15, 0.2) is 48.8 Å². The van der Waals surface area contributed by atoms with Gasteiger partial charge in [0.1, 0.15) is 0 Å². The van der Waals surface area contributed by atoms with Crippen LogP contribution in [0.1, 0.15) is 23.2 Å². The minimum atomic E-state index is -0.354. The van der Waals surface area contributed by atoms with E-state index in [0.29, 0.717) is 18.7 Å². The van der Waals surface area contributed by atoms with Gasteiger partial charge in [0.2, 0.25) is 0 Å². The Morgan fingerprint density at radius 1 is 1.26 bits per heavy atom. The summed E-state index contributed by atoms with van der Waals surface area (Å²) in [5.41, 5.74) is 0.649. The van der Waals surface area contributed by atoms with Crippen LogP contribution in [0.4, 0.5) is 4.39 Å². The standard InChI is InChI=1S/C18H19FN2O2/c19-16-5-1-2-6-17(16)23-13-14-4-3-11-21(12-14)18(22)15-7-9-20-10-8-15/h1-2,5-10,14H,3-4,11-13H2. The molecule has 0 N–H and O–H groups in total. The van der Waals surface area contributed by atoms with Gasteiger partial charge < -0.3 is 9.64 Å². The van der Waals surface area contributed by atoms with Gasteiger partial charge in [0.25, 0.3) is 5.91 Å². The van der Waals surface area contributed by atoms with E-state index in [0.717, 1.165) is 19.4 Å². The van der Waals surface area contributed by atoms with Crippen LogP contribution in [0.5, 0.6) is 5.75 Å². The van der Waals surface area contributed by atoms with Crippen molar-refractivity contribution in [3.63, 3.8) is 0 Å². The number of hydrogen-bond donors (Lipinski definition) is 0. The molecule has 0 spiro atoms. The lowest BCUT2D eigenvalue weighted by atomic mass is 9.98. The van der Waals surface area contributed by atoms with Gasteiger partial charge in [-0.05, 0) is 37.1 Å². The van der Waals surface area contributed by atoms with Gasteiger partial charge in [-0.2, -0.15) is 0 Å². The average Bonchev–Trinajstić information content (AvgIpc) is 2.61. The third kappa shape index (κ3) is 3.86. The van der Waals surface area contributed by atoms with Gasteiger partial charge in [-0.15, -0.1) is 0 Å². The lowest BCUT2D eigenvalue weighted by Crippen LogP contribution is -2.41. The van der Waals surface area contributed by atoms with Gasteiger partial charge in [-0.25, -0.2) is 4.39 Å². The Kier molecular flexibility index (Phi) is 4.86. The zero-order valence-corrected chi connectivity index (χ0v) is 12.8. The Balaban J connectivity index is 1.58. The first-order chi connectivity index (χ1) is 11.2. The van der Waals surface area contributed by atoms with E-state index in [9.17, 15) is 9.18 Å². The number of carbonyl (C=O) groups is 1. The van der Waals surface area contributed by atoms with Crippen molar-refractivity contribution in [3.05, 3.63) is 60.2 Å². The van der Waals surface area contributed by atoms with E-state index in [2.05, 4.69) is 4.98 Å². The molecule has 1 unspecified atom stereocenters. The summed E-state index contributed by atoms with van der Waals surface area (Å²) < 4.78 is 19.2. The smallest absolute Gasteiger partial charge is 0.253 e. The molecule has 2 aromatic rings. The Labute approximate surface area is 134 Å². The highest BCUT2D eigenvalue weighted by molar-refractivity contribution is 5.94. The maximum Gasteiger partial charge on any atom is 0.253 e. The predicted octanol–water partition coefficient (Wildman–Crippen LogP) is 3.15. The van der Waals surface area contributed by atoms with Crippen molar-refractivity contribution in [2.75, 3.05) is 19.7 Å². The van der Waals surface area contributed by atoms with E-state index < -0.39 is 0 Å². The van der Waals surface area contributed by atoms with Gasteiger partial charge in [-0.1, -0.05) is 12.1 Å². The van der Waals surface area contributed by atoms with E-state index in [1.54, 1.807) is 42.7 Å². The molecule has 2 heterocycles. The van der Waals surface area contributed by atoms with E-state index in [-0.39, 0.29) is 23.4 Å². The molecule has 5 heteroatoms. The molecule has 1 amide bonds. The minimum Gasteiger partial charge on any atom is -0.490 e. The molecule has 0 radical (unpaired) electrons. The fourth-order valence-electron chi connectivity index (χ4n) is 2.83. The predicted molar refractivity (Wildman–Crippen MR) is 84.8 cm³/mol. The highest BCUT2D eigenvalue weighted by Gasteiger charge is 2.25. The molecule has 0 bridgehead atoms. The molecule has 1 aromatic heterocycles. The number of likely N-dealkylation sites (tertiary alicyclic amines) is 1. The number of nitrogens with zero attached hydrogens (tertiary/aromatic N) is 2. The van der Waals surface area contributed by atoms with E-state index in [1.807, 2.05) is 4.90 Å². The number of piperidine rings is 1. The van der Waals surface area contributed by atoms with Crippen molar-refractivity contribution in [2.24, 2.45) is 5.92 Å². The zero-order chi connectivity index (χ0) is 16.1. The molecule has 23 heavy (non-hydrogen) atoms. The van der Waals surface area contributed by atoms with Gasteiger partial charge >= 0.3 is 0 Å². The number of halogens is 1.